The number of hydrogen-bond donors (Lipinski definition) is 1. The summed E-state index contributed by atoms with van der Waals surface area (Å²) in [7, 11) is 0. The normalized spacial score (nSPS) is 14.4. The Morgan fingerprint density at radius 2 is 1.53 bits per heavy atom. The van der Waals surface area contributed by atoms with Gasteiger partial charge in [0.15, 0.2) is 0 Å². The Hall–Kier alpha value is -3.06. The molecule has 32 heavy (non-hydrogen) atoms. The molecule has 162 valence electrons. The van der Waals surface area contributed by atoms with Crippen LogP contribution in [0.5, 0.6) is 0 Å². The van der Waals surface area contributed by atoms with Crippen LogP contribution < -0.4 is 5.32 Å². The molecule has 0 aliphatic carbocycles. The van der Waals surface area contributed by atoms with Crippen LogP contribution in [0.4, 0.5) is 5.69 Å². The van der Waals surface area contributed by atoms with Crippen molar-refractivity contribution in [2.75, 3.05) is 18.4 Å². The molecule has 3 aromatic rings. The molecule has 4 heteroatoms. The predicted molar refractivity (Wildman–Crippen MR) is 133 cm³/mol. The highest BCUT2D eigenvalue weighted by Crippen LogP contribution is 2.22. The van der Waals surface area contributed by atoms with Crippen molar-refractivity contribution in [3.05, 3.63) is 88.9 Å². The molecule has 1 aliphatic rings. The minimum absolute atomic E-state index is 0.315. The van der Waals surface area contributed by atoms with Gasteiger partial charge < -0.3 is 5.32 Å². The molecule has 1 N–H and O–H groups in total. The lowest BCUT2D eigenvalue weighted by atomic mass is 9.99. The van der Waals surface area contributed by atoms with E-state index in [0.717, 1.165) is 47.9 Å². The molecular formula is C28H27ClN2O. The van der Waals surface area contributed by atoms with Crippen molar-refractivity contribution in [2.45, 2.75) is 26.3 Å². The predicted octanol–water partition coefficient (Wildman–Crippen LogP) is 6.23. The molecule has 1 saturated heterocycles. The second-order valence-electron chi connectivity index (χ2n) is 8.44. The average molecular weight is 443 g/mol. The van der Waals surface area contributed by atoms with E-state index < -0.39 is 0 Å². The number of piperidine rings is 1. The lowest BCUT2D eigenvalue weighted by Crippen LogP contribution is -2.32. The topological polar surface area (TPSA) is 32.3 Å². The van der Waals surface area contributed by atoms with Gasteiger partial charge in [0, 0.05) is 28.7 Å². The third kappa shape index (κ3) is 6.23. The van der Waals surface area contributed by atoms with Crippen LogP contribution >= 0.6 is 11.6 Å². The van der Waals surface area contributed by atoms with Crippen LogP contribution in [0.15, 0.2) is 72.8 Å². The highest BCUT2D eigenvalue weighted by molar-refractivity contribution is 6.30. The van der Waals surface area contributed by atoms with Crippen molar-refractivity contribution >= 4 is 23.2 Å². The number of benzene rings is 3. The lowest BCUT2D eigenvalue weighted by molar-refractivity contribution is -0.111. The van der Waals surface area contributed by atoms with Crippen LogP contribution in [0, 0.1) is 17.8 Å². The number of carbonyl (C=O) groups is 1. The standard InChI is InChI=1S/C28H27ClN2O/c1-21-16-18-31(19-17-21)20-23-4-13-27(14-5-23)30-28(32)15-6-22-2-7-24(8-3-22)25-9-11-26(29)12-10-25/h2-5,7-14,21H,16-20H2,1H3,(H,30,32). The largest absolute Gasteiger partial charge is 0.315 e. The van der Waals surface area contributed by atoms with Gasteiger partial charge in [0.25, 0.3) is 0 Å². The van der Waals surface area contributed by atoms with Crippen molar-refractivity contribution < 1.29 is 4.79 Å². The Labute approximate surface area is 195 Å². The number of hydrogen-bond acceptors (Lipinski definition) is 2. The summed E-state index contributed by atoms with van der Waals surface area (Å²) in [4.78, 5) is 14.7. The number of likely N-dealkylation sites (tertiary alicyclic amines) is 1. The van der Waals surface area contributed by atoms with Crippen LogP contribution in [0.1, 0.15) is 30.9 Å². The maximum Gasteiger partial charge on any atom is 0.300 e. The van der Waals surface area contributed by atoms with E-state index in [-0.39, 0.29) is 5.91 Å². The quantitative estimate of drug-likeness (QED) is 0.486. The summed E-state index contributed by atoms with van der Waals surface area (Å²) in [6, 6.07) is 23.6. The fourth-order valence-corrected chi connectivity index (χ4v) is 3.98. The van der Waals surface area contributed by atoms with Gasteiger partial charge in [-0.05, 0) is 84.9 Å². The van der Waals surface area contributed by atoms with E-state index in [1.807, 2.05) is 60.7 Å². The van der Waals surface area contributed by atoms with E-state index in [2.05, 4.69) is 41.1 Å². The Balaban J connectivity index is 1.30. The van der Waals surface area contributed by atoms with E-state index in [1.54, 1.807) is 0 Å². The lowest BCUT2D eigenvalue weighted by Gasteiger charge is -2.30. The van der Waals surface area contributed by atoms with E-state index in [1.165, 1.54) is 18.4 Å². The number of carbonyl (C=O) groups excluding carboxylic acids is 1. The summed E-state index contributed by atoms with van der Waals surface area (Å²) in [5.41, 5.74) is 4.99. The third-order valence-corrected chi connectivity index (χ3v) is 6.13. The fraction of sp³-hybridized carbons (Fsp3) is 0.250. The summed E-state index contributed by atoms with van der Waals surface area (Å²) < 4.78 is 0. The second-order valence-corrected chi connectivity index (χ2v) is 8.88. The van der Waals surface area contributed by atoms with Gasteiger partial charge in [-0.1, -0.05) is 60.8 Å². The molecule has 0 bridgehead atoms. The Kier molecular flexibility index (Phi) is 7.27. The van der Waals surface area contributed by atoms with Crippen LogP contribution in [-0.2, 0) is 11.3 Å². The van der Waals surface area contributed by atoms with E-state index >= 15 is 0 Å². The summed E-state index contributed by atoms with van der Waals surface area (Å²) in [6.45, 7) is 5.62. The van der Waals surface area contributed by atoms with Crippen LogP contribution in [0.25, 0.3) is 11.1 Å². The van der Waals surface area contributed by atoms with Gasteiger partial charge in [-0.3, -0.25) is 9.69 Å². The molecule has 3 nitrogen and oxygen atoms in total. The number of anilines is 1. The van der Waals surface area contributed by atoms with Gasteiger partial charge in [0.2, 0.25) is 0 Å². The first-order chi connectivity index (χ1) is 15.5. The van der Waals surface area contributed by atoms with Gasteiger partial charge in [-0.25, -0.2) is 0 Å². The summed E-state index contributed by atoms with van der Waals surface area (Å²) in [5.74, 6) is 6.13. The van der Waals surface area contributed by atoms with Crippen molar-refractivity contribution in [3.63, 3.8) is 0 Å². The first-order valence-corrected chi connectivity index (χ1v) is 11.4. The van der Waals surface area contributed by atoms with Crippen LogP contribution in [0.2, 0.25) is 5.02 Å². The second kappa shape index (κ2) is 10.5. The summed E-state index contributed by atoms with van der Waals surface area (Å²) in [5, 5.41) is 3.57. The smallest absolute Gasteiger partial charge is 0.300 e. The van der Waals surface area contributed by atoms with Gasteiger partial charge in [0.1, 0.15) is 0 Å². The van der Waals surface area contributed by atoms with E-state index in [9.17, 15) is 4.79 Å². The zero-order valence-corrected chi connectivity index (χ0v) is 19.0. The fourth-order valence-electron chi connectivity index (χ4n) is 3.85. The zero-order chi connectivity index (χ0) is 22.3. The highest BCUT2D eigenvalue weighted by Gasteiger charge is 2.15. The summed E-state index contributed by atoms with van der Waals surface area (Å²) in [6.07, 6.45) is 2.55. The number of nitrogens with zero attached hydrogens (tertiary/aromatic N) is 1. The molecule has 0 aromatic heterocycles. The Bertz CT molecular complexity index is 1100. The molecule has 0 spiro atoms. The molecular weight excluding hydrogens is 416 g/mol. The Morgan fingerprint density at radius 1 is 0.938 bits per heavy atom. The van der Waals surface area contributed by atoms with Crippen molar-refractivity contribution in [3.8, 4) is 23.0 Å². The van der Waals surface area contributed by atoms with Crippen LogP contribution in [-0.4, -0.2) is 23.9 Å². The van der Waals surface area contributed by atoms with Gasteiger partial charge >= 0.3 is 5.91 Å². The molecule has 4 rings (SSSR count). The first-order valence-electron chi connectivity index (χ1n) is 11.1. The third-order valence-electron chi connectivity index (χ3n) is 5.88. The van der Waals surface area contributed by atoms with Crippen LogP contribution in [0.3, 0.4) is 0 Å². The molecule has 0 radical (unpaired) electrons. The number of amides is 1. The highest BCUT2D eigenvalue weighted by atomic mass is 35.5. The Morgan fingerprint density at radius 3 is 2.16 bits per heavy atom. The minimum atomic E-state index is -0.315. The zero-order valence-electron chi connectivity index (χ0n) is 18.3. The van der Waals surface area contributed by atoms with E-state index in [0.29, 0.717) is 5.02 Å². The van der Waals surface area contributed by atoms with Gasteiger partial charge in [0.05, 0.1) is 0 Å². The summed E-state index contributed by atoms with van der Waals surface area (Å²) >= 11 is 5.95. The molecule has 0 atom stereocenters. The maximum absolute atomic E-state index is 12.2. The number of nitrogens with one attached hydrogen (secondary N) is 1. The number of rotatable bonds is 4. The first kappa shape index (κ1) is 22.1. The maximum atomic E-state index is 12.2. The number of halogens is 1. The molecule has 0 unspecified atom stereocenters. The molecule has 1 fully saturated rings. The van der Waals surface area contributed by atoms with Gasteiger partial charge in [-0.15, -0.1) is 0 Å². The van der Waals surface area contributed by atoms with E-state index in [4.69, 9.17) is 11.6 Å². The van der Waals surface area contributed by atoms with Crippen molar-refractivity contribution in [2.24, 2.45) is 5.92 Å². The van der Waals surface area contributed by atoms with Crippen molar-refractivity contribution in [1.82, 2.24) is 4.90 Å². The van der Waals surface area contributed by atoms with Gasteiger partial charge in [-0.2, -0.15) is 0 Å². The minimum Gasteiger partial charge on any atom is -0.315 e. The molecule has 1 aliphatic heterocycles. The molecule has 1 amide bonds. The molecule has 1 heterocycles. The SMILES string of the molecule is CC1CCN(Cc2ccc(NC(=O)C#Cc3ccc(-c4ccc(Cl)cc4)cc3)cc2)CC1. The molecule has 3 aromatic carbocycles. The average Bonchev–Trinajstić information content (AvgIpc) is 2.81. The monoisotopic (exact) mass is 442 g/mol. The molecule has 0 saturated carbocycles. The van der Waals surface area contributed by atoms with Crippen molar-refractivity contribution in [1.29, 1.82) is 0 Å².